The summed E-state index contributed by atoms with van der Waals surface area (Å²) in [6.45, 7) is 7.28. The molecule has 7 rings (SSSR count). The predicted molar refractivity (Wildman–Crippen MR) is 189 cm³/mol. The third-order valence-electron chi connectivity index (χ3n) is 10.7. The van der Waals surface area contributed by atoms with E-state index in [0.717, 1.165) is 54.2 Å². The monoisotopic (exact) mass is 718 g/mol. The van der Waals surface area contributed by atoms with Crippen molar-refractivity contribution >= 4 is 46.7 Å². The minimum atomic E-state index is -1.86. The number of fused-ring (bicyclic) bond motifs is 5. The lowest BCUT2D eigenvalue weighted by molar-refractivity contribution is -0.188. The third-order valence-corrected chi connectivity index (χ3v) is 11.6. The molecule has 270 valence electrons. The number of nitrogens with zero attached hydrogens (tertiary/aromatic N) is 4. The summed E-state index contributed by atoms with van der Waals surface area (Å²) in [7, 11) is 0. The predicted octanol–water partition coefficient (Wildman–Crippen LogP) is 4.46. The van der Waals surface area contributed by atoms with E-state index in [0.29, 0.717) is 48.2 Å². The first kappa shape index (κ1) is 35.0. The lowest BCUT2D eigenvalue weighted by Gasteiger charge is -2.39. The number of thioether (sulfide) groups is 1. The number of piperidine rings is 2. The Morgan fingerprint density at radius 1 is 1.02 bits per heavy atom. The molecule has 1 amide bonds. The average molecular weight is 719 g/mol. The molecule has 0 radical (unpaired) electrons. The number of amides is 1. The van der Waals surface area contributed by atoms with E-state index in [-0.39, 0.29) is 53.9 Å². The van der Waals surface area contributed by atoms with Crippen molar-refractivity contribution in [2.45, 2.75) is 83.6 Å². The summed E-state index contributed by atoms with van der Waals surface area (Å²) in [4.78, 5) is 73.6. The molecule has 1 N–H and O–H groups in total. The van der Waals surface area contributed by atoms with Crippen LogP contribution in [0.25, 0.3) is 22.3 Å². The van der Waals surface area contributed by atoms with Crippen LogP contribution in [0.5, 0.6) is 5.75 Å². The lowest BCUT2D eigenvalue weighted by Crippen LogP contribution is -2.48. The van der Waals surface area contributed by atoms with Gasteiger partial charge in [-0.3, -0.25) is 14.4 Å². The second-order valence-electron chi connectivity index (χ2n) is 13.6. The molecule has 14 heteroatoms. The number of ether oxygens (including phenoxy) is 3. The van der Waals surface area contributed by atoms with E-state index in [9.17, 15) is 24.0 Å². The zero-order chi connectivity index (χ0) is 35.9. The van der Waals surface area contributed by atoms with Gasteiger partial charge in [-0.2, -0.15) is 0 Å². The molecule has 2 fully saturated rings. The number of likely N-dealkylation sites (tertiary alicyclic amines) is 2. The molecular formula is C37H42N4O9S. The number of benzene rings is 1. The second kappa shape index (κ2) is 14.3. The zero-order valence-electron chi connectivity index (χ0n) is 28.9. The summed E-state index contributed by atoms with van der Waals surface area (Å²) in [6.07, 6.45) is 5.95. The van der Waals surface area contributed by atoms with Gasteiger partial charge in [0, 0.05) is 35.6 Å². The number of aliphatic carboxylic acids is 1. The van der Waals surface area contributed by atoms with Gasteiger partial charge in [-0.25, -0.2) is 14.6 Å². The maximum atomic E-state index is 14.0. The summed E-state index contributed by atoms with van der Waals surface area (Å²) in [5.74, 6) is -2.81. The van der Waals surface area contributed by atoms with Crippen LogP contribution in [0, 0.1) is 0 Å². The fraction of sp³-hybridized carbons (Fsp3) is 0.514. The fourth-order valence-electron chi connectivity index (χ4n) is 8.07. The van der Waals surface area contributed by atoms with Crippen LogP contribution in [0.2, 0.25) is 0 Å². The molecule has 3 aromatic rings. The molecule has 13 nitrogen and oxygen atoms in total. The van der Waals surface area contributed by atoms with Crippen molar-refractivity contribution in [1.82, 2.24) is 19.4 Å². The van der Waals surface area contributed by atoms with Crippen LogP contribution < -0.4 is 10.3 Å². The number of carboxylic acid groups (broad SMARTS) is 1. The van der Waals surface area contributed by atoms with E-state index in [4.69, 9.17) is 24.3 Å². The van der Waals surface area contributed by atoms with Crippen molar-refractivity contribution in [3.05, 3.63) is 56.9 Å². The first-order chi connectivity index (χ1) is 24.6. The van der Waals surface area contributed by atoms with Crippen molar-refractivity contribution < 1.29 is 38.5 Å². The molecule has 0 spiro atoms. The summed E-state index contributed by atoms with van der Waals surface area (Å²) in [5.41, 5.74) is 1.81. The van der Waals surface area contributed by atoms with Gasteiger partial charge in [-0.15, -0.1) is 11.8 Å². The van der Waals surface area contributed by atoms with Gasteiger partial charge in [0.25, 0.3) is 5.56 Å². The molecule has 2 aromatic heterocycles. The Labute approximate surface area is 299 Å². The summed E-state index contributed by atoms with van der Waals surface area (Å²) in [5, 5.41) is 9.77. The van der Waals surface area contributed by atoms with E-state index >= 15 is 0 Å². The Balaban J connectivity index is 1.16. The molecule has 4 aliphatic heterocycles. The summed E-state index contributed by atoms with van der Waals surface area (Å²) < 4.78 is 18.7. The van der Waals surface area contributed by atoms with E-state index in [1.165, 1.54) is 19.3 Å². The third kappa shape index (κ3) is 6.48. The highest BCUT2D eigenvalue weighted by molar-refractivity contribution is 8.00. The highest BCUT2D eigenvalue weighted by Crippen LogP contribution is 2.42. The van der Waals surface area contributed by atoms with Gasteiger partial charge in [0.05, 0.1) is 40.5 Å². The molecule has 4 aliphatic rings. The first-order valence-electron chi connectivity index (χ1n) is 17.8. The van der Waals surface area contributed by atoms with Gasteiger partial charge in [-0.05, 0) is 81.4 Å². The van der Waals surface area contributed by atoms with Gasteiger partial charge in [-0.1, -0.05) is 20.3 Å². The number of esters is 2. The van der Waals surface area contributed by atoms with Crippen molar-refractivity contribution in [2.24, 2.45) is 0 Å². The highest BCUT2D eigenvalue weighted by atomic mass is 32.2. The van der Waals surface area contributed by atoms with Crippen molar-refractivity contribution in [3.63, 3.8) is 0 Å². The van der Waals surface area contributed by atoms with Crippen LogP contribution in [0.4, 0.5) is 4.79 Å². The van der Waals surface area contributed by atoms with Gasteiger partial charge in [0.2, 0.25) is 5.60 Å². The molecule has 0 saturated carbocycles. The number of carbonyl (C=O) groups excluding carboxylic acids is 3. The van der Waals surface area contributed by atoms with Gasteiger partial charge < -0.3 is 33.7 Å². The van der Waals surface area contributed by atoms with Crippen molar-refractivity contribution in [2.75, 3.05) is 37.7 Å². The molecule has 1 atom stereocenters. The number of hydrogen-bond donors (Lipinski definition) is 1. The number of carbonyl (C=O) groups is 4. The molecule has 2 saturated heterocycles. The van der Waals surface area contributed by atoms with Gasteiger partial charge in [0.1, 0.15) is 12.4 Å². The van der Waals surface area contributed by atoms with Gasteiger partial charge in [0.15, 0.2) is 0 Å². The SMILES string of the molecule is CCc1c2c(nc3ccc(OC(=O)N4CCC(N5CCCCC5)CC4)cc13)-c1cc3c(c(=O)n1C2)COC(=O)[C@@]3(CC)OC(=O)CSCC(=O)O. The van der Waals surface area contributed by atoms with E-state index < -0.39 is 23.5 Å². The smallest absolute Gasteiger partial charge is 0.415 e. The average Bonchev–Trinajstić information content (AvgIpc) is 3.50. The maximum Gasteiger partial charge on any atom is 0.415 e. The van der Waals surface area contributed by atoms with Crippen LogP contribution in [0.3, 0.4) is 0 Å². The van der Waals surface area contributed by atoms with Crippen LogP contribution in [-0.4, -0.2) is 92.2 Å². The molecular weight excluding hydrogens is 676 g/mol. The number of aromatic nitrogens is 2. The number of aryl methyl sites for hydroxylation is 1. The van der Waals surface area contributed by atoms with E-state index in [1.807, 2.05) is 19.1 Å². The molecule has 1 aromatic carbocycles. The highest BCUT2D eigenvalue weighted by Gasteiger charge is 2.50. The van der Waals surface area contributed by atoms with Crippen LogP contribution >= 0.6 is 11.8 Å². The largest absolute Gasteiger partial charge is 0.481 e. The topological polar surface area (TPSA) is 158 Å². The molecule has 6 heterocycles. The summed E-state index contributed by atoms with van der Waals surface area (Å²) in [6, 6.07) is 7.60. The van der Waals surface area contributed by atoms with Crippen LogP contribution in [0.1, 0.15) is 74.6 Å². The Bertz CT molecular complexity index is 1970. The number of carboxylic acids is 1. The van der Waals surface area contributed by atoms with Crippen LogP contribution in [0.15, 0.2) is 29.1 Å². The molecule has 0 unspecified atom stereocenters. The minimum Gasteiger partial charge on any atom is -0.481 e. The maximum absolute atomic E-state index is 14.0. The number of pyridine rings is 2. The molecule has 51 heavy (non-hydrogen) atoms. The van der Waals surface area contributed by atoms with Crippen molar-refractivity contribution in [1.29, 1.82) is 0 Å². The Hall–Kier alpha value is -4.43. The standard InChI is InChI=1S/C37H42N4O9S/c1-3-24-25-16-23(49-36(47)40-14-10-22(11-15-40)39-12-6-5-7-13-39)8-9-29(25)38-33-26(24)18-41-30(33)17-28-27(34(41)45)19-48-35(46)37(28,4-2)50-32(44)21-51-20-31(42)43/h8-9,16-17,22H,3-7,10-15,18-21H2,1-2H3,(H,42,43)/t37-/m0/s1. The Morgan fingerprint density at radius 2 is 1.78 bits per heavy atom. The van der Waals surface area contributed by atoms with Crippen LogP contribution in [-0.2, 0) is 49.0 Å². The fourth-order valence-corrected chi connectivity index (χ4v) is 8.58. The van der Waals surface area contributed by atoms with Crippen molar-refractivity contribution in [3.8, 4) is 17.1 Å². The quantitative estimate of drug-likeness (QED) is 0.243. The number of rotatable bonds is 9. The summed E-state index contributed by atoms with van der Waals surface area (Å²) >= 11 is 0.851. The second-order valence-corrected chi connectivity index (χ2v) is 14.5. The molecule has 0 aliphatic carbocycles. The minimum absolute atomic E-state index is 0.00717. The number of hydrogen-bond acceptors (Lipinski definition) is 11. The first-order valence-corrected chi connectivity index (χ1v) is 18.9. The zero-order valence-corrected chi connectivity index (χ0v) is 29.7. The van der Waals surface area contributed by atoms with E-state index in [2.05, 4.69) is 4.90 Å². The molecule has 0 bridgehead atoms. The Kier molecular flexibility index (Phi) is 9.81. The lowest BCUT2D eigenvalue weighted by atomic mass is 9.85. The van der Waals surface area contributed by atoms with Gasteiger partial charge >= 0.3 is 24.0 Å². The number of cyclic esters (lactones) is 1. The Morgan fingerprint density at radius 3 is 2.49 bits per heavy atom. The normalized spacial score (nSPS) is 20.4. The van der Waals surface area contributed by atoms with E-state index in [1.54, 1.807) is 28.5 Å².